The van der Waals surface area contributed by atoms with Gasteiger partial charge in [-0.1, -0.05) is 18.2 Å². The standard InChI is InChI=1S/C12H16O2/c1-9(2)11-5-6-12(10(3)7-11)14-8-13-4/h5-7H,1,8H2,2-4H3. The Labute approximate surface area is 85.2 Å². The zero-order chi connectivity index (χ0) is 10.6. The first-order valence-corrected chi connectivity index (χ1v) is 4.53. The average Bonchev–Trinajstić information content (AvgIpc) is 2.15. The molecule has 1 aromatic rings. The van der Waals surface area contributed by atoms with Crippen LogP contribution in [0, 0.1) is 6.92 Å². The van der Waals surface area contributed by atoms with Gasteiger partial charge in [-0.3, -0.25) is 0 Å². The van der Waals surface area contributed by atoms with Crippen molar-refractivity contribution in [2.75, 3.05) is 13.9 Å². The molecule has 0 atom stereocenters. The van der Waals surface area contributed by atoms with Crippen molar-refractivity contribution in [2.24, 2.45) is 0 Å². The van der Waals surface area contributed by atoms with Gasteiger partial charge in [-0.15, -0.1) is 0 Å². The molecular weight excluding hydrogens is 176 g/mol. The third kappa shape index (κ3) is 2.60. The van der Waals surface area contributed by atoms with Crippen LogP contribution in [-0.2, 0) is 4.74 Å². The highest BCUT2D eigenvalue weighted by atomic mass is 16.7. The Morgan fingerprint density at radius 3 is 2.64 bits per heavy atom. The molecule has 0 aromatic heterocycles. The summed E-state index contributed by atoms with van der Waals surface area (Å²) in [7, 11) is 1.61. The summed E-state index contributed by atoms with van der Waals surface area (Å²) in [5.74, 6) is 0.858. The molecule has 0 fully saturated rings. The SMILES string of the molecule is C=C(C)c1ccc(OCOC)c(C)c1. The molecular formula is C12H16O2. The van der Waals surface area contributed by atoms with Crippen LogP contribution in [0.15, 0.2) is 24.8 Å². The van der Waals surface area contributed by atoms with Gasteiger partial charge in [0.05, 0.1) is 0 Å². The maximum absolute atomic E-state index is 5.37. The van der Waals surface area contributed by atoms with E-state index < -0.39 is 0 Å². The largest absolute Gasteiger partial charge is 0.467 e. The molecule has 1 rings (SSSR count). The average molecular weight is 192 g/mol. The second-order valence-corrected chi connectivity index (χ2v) is 3.31. The maximum atomic E-state index is 5.37. The molecule has 0 aliphatic rings. The lowest BCUT2D eigenvalue weighted by Gasteiger charge is -2.09. The number of hydrogen-bond acceptors (Lipinski definition) is 2. The lowest BCUT2D eigenvalue weighted by molar-refractivity contribution is 0.0506. The summed E-state index contributed by atoms with van der Waals surface area (Å²) in [6.45, 7) is 8.18. The molecule has 0 saturated carbocycles. The Bertz CT molecular complexity index is 329. The van der Waals surface area contributed by atoms with Crippen LogP contribution in [0.25, 0.3) is 5.57 Å². The number of hydrogen-bond donors (Lipinski definition) is 0. The Kier molecular flexibility index (Phi) is 3.72. The second-order valence-electron chi connectivity index (χ2n) is 3.31. The Morgan fingerprint density at radius 1 is 1.43 bits per heavy atom. The third-order valence-corrected chi connectivity index (χ3v) is 2.00. The zero-order valence-corrected chi connectivity index (χ0v) is 8.96. The fourth-order valence-electron chi connectivity index (χ4n) is 1.20. The van der Waals surface area contributed by atoms with Crippen molar-refractivity contribution in [3.63, 3.8) is 0 Å². The molecule has 0 unspecified atom stereocenters. The molecule has 0 saturated heterocycles. The van der Waals surface area contributed by atoms with Gasteiger partial charge in [0.25, 0.3) is 0 Å². The first-order chi connectivity index (χ1) is 6.65. The van der Waals surface area contributed by atoms with Crippen LogP contribution in [0.1, 0.15) is 18.1 Å². The van der Waals surface area contributed by atoms with E-state index >= 15 is 0 Å². The predicted octanol–water partition coefficient (Wildman–Crippen LogP) is 3.01. The molecule has 0 heterocycles. The molecule has 0 aliphatic heterocycles. The highest BCUT2D eigenvalue weighted by molar-refractivity contribution is 5.63. The monoisotopic (exact) mass is 192 g/mol. The third-order valence-electron chi connectivity index (χ3n) is 2.00. The highest BCUT2D eigenvalue weighted by Crippen LogP contribution is 2.22. The van der Waals surface area contributed by atoms with Crippen LogP contribution < -0.4 is 4.74 Å². The lowest BCUT2D eigenvalue weighted by atomic mass is 10.1. The van der Waals surface area contributed by atoms with Crippen LogP contribution in [0.4, 0.5) is 0 Å². The van der Waals surface area contributed by atoms with Gasteiger partial charge in [-0.25, -0.2) is 0 Å². The smallest absolute Gasteiger partial charge is 0.188 e. The molecule has 76 valence electrons. The van der Waals surface area contributed by atoms with Crippen molar-refractivity contribution < 1.29 is 9.47 Å². The van der Waals surface area contributed by atoms with E-state index in [2.05, 4.69) is 12.6 Å². The van der Waals surface area contributed by atoms with Crippen LogP contribution in [0.3, 0.4) is 0 Å². The number of allylic oxidation sites excluding steroid dienone is 1. The van der Waals surface area contributed by atoms with Crippen molar-refractivity contribution in [1.82, 2.24) is 0 Å². The maximum Gasteiger partial charge on any atom is 0.188 e. The zero-order valence-electron chi connectivity index (χ0n) is 8.96. The van der Waals surface area contributed by atoms with Crippen molar-refractivity contribution in [1.29, 1.82) is 0 Å². The molecule has 14 heavy (non-hydrogen) atoms. The summed E-state index contributed by atoms with van der Waals surface area (Å²) >= 11 is 0. The minimum absolute atomic E-state index is 0.285. The van der Waals surface area contributed by atoms with Gasteiger partial charge in [0, 0.05) is 7.11 Å². The summed E-state index contributed by atoms with van der Waals surface area (Å²) in [5, 5.41) is 0. The van der Waals surface area contributed by atoms with Gasteiger partial charge in [0.2, 0.25) is 0 Å². The predicted molar refractivity (Wildman–Crippen MR) is 58.4 cm³/mol. The molecule has 0 N–H and O–H groups in total. The van der Waals surface area contributed by atoms with Crippen molar-refractivity contribution in [2.45, 2.75) is 13.8 Å². The van der Waals surface area contributed by atoms with Gasteiger partial charge in [-0.2, -0.15) is 0 Å². The molecule has 0 radical (unpaired) electrons. The summed E-state index contributed by atoms with van der Waals surface area (Å²) in [5.41, 5.74) is 3.31. The lowest BCUT2D eigenvalue weighted by Crippen LogP contribution is -2.00. The van der Waals surface area contributed by atoms with E-state index in [9.17, 15) is 0 Å². The van der Waals surface area contributed by atoms with Gasteiger partial charge < -0.3 is 9.47 Å². The summed E-state index contributed by atoms with van der Waals surface area (Å²) in [6, 6.07) is 6.01. The summed E-state index contributed by atoms with van der Waals surface area (Å²) in [6.07, 6.45) is 0. The van der Waals surface area contributed by atoms with Gasteiger partial charge >= 0.3 is 0 Å². The highest BCUT2D eigenvalue weighted by Gasteiger charge is 2.01. The fourth-order valence-corrected chi connectivity index (χ4v) is 1.20. The number of ether oxygens (including phenoxy) is 2. The molecule has 0 aliphatic carbocycles. The Morgan fingerprint density at radius 2 is 2.14 bits per heavy atom. The van der Waals surface area contributed by atoms with E-state index in [4.69, 9.17) is 9.47 Å². The molecule has 0 bridgehead atoms. The van der Waals surface area contributed by atoms with Gasteiger partial charge in [0.15, 0.2) is 6.79 Å². The normalized spacial score (nSPS) is 9.93. The number of methoxy groups -OCH3 is 1. The van der Waals surface area contributed by atoms with Crippen LogP contribution >= 0.6 is 0 Å². The molecule has 0 amide bonds. The quantitative estimate of drug-likeness (QED) is 0.683. The first kappa shape index (κ1) is 10.8. The fraction of sp³-hybridized carbons (Fsp3) is 0.333. The first-order valence-electron chi connectivity index (χ1n) is 4.53. The molecule has 0 spiro atoms. The Balaban J connectivity index is 2.84. The Hall–Kier alpha value is -1.28. The molecule has 2 nitrogen and oxygen atoms in total. The van der Waals surface area contributed by atoms with Gasteiger partial charge in [-0.05, 0) is 37.1 Å². The summed E-state index contributed by atoms with van der Waals surface area (Å²) < 4.78 is 10.2. The van der Waals surface area contributed by atoms with Crippen LogP contribution in [0.5, 0.6) is 5.75 Å². The number of rotatable bonds is 4. The minimum atomic E-state index is 0.285. The van der Waals surface area contributed by atoms with Crippen molar-refractivity contribution >= 4 is 5.57 Å². The van der Waals surface area contributed by atoms with Crippen molar-refractivity contribution in [3.8, 4) is 5.75 Å². The van der Waals surface area contributed by atoms with Gasteiger partial charge in [0.1, 0.15) is 5.75 Å². The van der Waals surface area contributed by atoms with Crippen LogP contribution in [-0.4, -0.2) is 13.9 Å². The number of aryl methyl sites for hydroxylation is 1. The van der Waals surface area contributed by atoms with E-state index in [0.29, 0.717) is 0 Å². The second kappa shape index (κ2) is 4.82. The minimum Gasteiger partial charge on any atom is -0.467 e. The van der Waals surface area contributed by atoms with E-state index in [1.54, 1.807) is 7.11 Å². The van der Waals surface area contributed by atoms with E-state index in [0.717, 1.165) is 22.4 Å². The topological polar surface area (TPSA) is 18.5 Å². The van der Waals surface area contributed by atoms with Crippen molar-refractivity contribution in [3.05, 3.63) is 35.9 Å². The summed E-state index contributed by atoms with van der Waals surface area (Å²) in [4.78, 5) is 0. The van der Waals surface area contributed by atoms with E-state index in [1.807, 2.05) is 26.0 Å². The number of benzene rings is 1. The molecule has 1 aromatic carbocycles. The van der Waals surface area contributed by atoms with E-state index in [-0.39, 0.29) is 6.79 Å². The van der Waals surface area contributed by atoms with E-state index in [1.165, 1.54) is 0 Å². The van der Waals surface area contributed by atoms with Crippen LogP contribution in [0.2, 0.25) is 0 Å². The molecule has 2 heteroatoms.